The largest absolute Gasteiger partial charge is 0.506 e. The van der Waals surface area contributed by atoms with Gasteiger partial charge >= 0.3 is 0 Å². The van der Waals surface area contributed by atoms with Crippen LogP contribution in [0.2, 0.25) is 5.02 Å². The van der Waals surface area contributed by atoms with Crippen LogP contribution in [0, 0.1) is 5.92 Å². The number of benzene rings is 1. The monoisotopic (exact) mass is 229 g/mol. The van der Waals surface area contributed by atoms with Gasteiger partial charge in [-0.3, -0.25) is 0 Å². The molecule has 84 valence electrons. The molecule has 0 aliphatic heterocycles. The maximum atomic E-state index is 9.78. The van der Waals surface area contributed by atoms with E-state index in [2.05, 4.69) is 0 Å². The minimum atomic E-state index is -0.620. The summed E-state index contributed by atoms with van der Waals surface area (Å²) in [5.74, 6) is 0.0965. The molecule has 0 saturated heterocycles. The Morgan fingerprint density at radius 3 is 2.40 bits per heavy atom. The smallest absolute Gasteiger partial charge is 0.134 e. The maximum absolute atomic E-state index is 9.78. The van der Waals surface area contributed by atoms with Crippen molar-refractivity contribution in [1.82, 2.24) is 0 Å². The molecule has 0 bridgehead atoms. The quantitative estimate of drug-likeness (QED) is 0.743. The summed E-state index contributed by atoms with van der Waals surface area (Å²) in [4.78, 5) is 0. The van der Waals surface area contributed by atoms with E-state index in [9.17, 15) is 10.2 Å². The van der Waals surface area contributed by atoms with E-state index in [1.165, 1.54) is 6.07 Å². The van der Waals surface area contributed by atoms with Gasteiger partial charge in [0.05, 0.1) is 17.2 Å². The highest BCUT2D eigenvalue weighted by Crippen LogP contribution is 2.28. The normalized spacial score (nSPS) is 15.3. The molecule has 0 radical (unpaired) electrons. The molecule has 0 amide bonds. The molecule has 0 aliphatic carbocycles. The van der Waals surface area contributed by atoms with E-state index >= 15 is 0 Å². The molecule has 0 heterocycles. The number of hydrogen-bond acceptors (Lipinski definition) is 3. The van der Waals surface area contributed by atoms with E-state index in [0.717, 1.165) is 5.56 Å². The molecule has 0 fully saturated rings. The molecular formula is C11H16ClNO2. The van der Waals surface area contributed by atoms with Crippen LogP contribution < -0.4 is 5.73 Å². The number of nitrogens with two attached hydrogens (primary N) is 1. The van der Waals surface area contributed by atoms with Crippen LogP contribution in [0.4, 0.5) is 0 Å². The molecule has 1 aromatic rings. The molecular weight excluding hydrogens is 214 g/mol. The number of phenolic OH excluding ortho intramolecular Hbond substituents is 1. The average Bonchev–Trinajstić information content (AvgIpc) is 2.19. The van der Waals surface area contributed by atoms with Crippen molar-refractivity contribution in [3.05, 3.63) is 28.8 Å². The minimum Gasteiger partial charge on any atom is -0.506 e. The molecule has 4 N–H and O–H groups in total. The van der Waals surface area contributed by atoms with E-state index in [0.29, 0.717) is 0 Å². The molecule has 0 saturated carbocycles. The first kappa shape index (κ1) is 12.3. The first-order valence-electron chi connectivity index (χ1n) is 4.85. The number of phenols is 1. The molecule has 3 nitrogen and oxygen atoms in total. The fourth-order valence-corrected chi connectivity index (χ4v) is 1.53. The van der Waals surface area contributed by atoms with Crippen LogP contribution in [0.5, 0.6) is 5.75 Å². The zero-order chi connectivity index (χ0) is 11.6. The Labute approximate surface area is 94.5 Å². The summed E-state index contributed by atoms with van der Waals surface area (Å²) < 4.78 is 0. The van der Waals surface area contributed by atoms with Crippen molar-refractivity contribution in [2.75, 3.05) is 0 Å². The fourth-order valence-electron chi connectivity index (χ4n) is 1.34. The van der Waals surface area contributed by atoms with Crippen LogP contribution in [0.1, 0.15) is 25.5 Å². The fraction of sp³-hybridized carbons (Fsp3) is 0.455. The van der Waals surface area contributed by atoms with E-state index in [1.807, 2.05) is 13.8 Å². The van der Waals surface area contributed by atoms with Gasteiger partial charge in [0.25, 0.3) is 0 Å². The van der Waals surface area contributed by atoms with Crippen LogP contribution in [0.25, 0.3) is 0 Å². The summed E-state index contributed by atoms with van der Waals surface area (Å²) in [5.41, 5.74) is 6.59. The standard InChI is InChI=1S/C11H16ClNO2/c1-6(2)11(15)10(13)7-3-4-9(14)8(12)5-7/h3-6,10-11,14-15H,13H2,1-2H3/t10-,11+/m1/s1. The van der Waals surface area contributed by atoms with Crippen molar-refractivity contribution < 1.29 is 10.2 Å². The molecule has 0 unspecified atom stereocenters. The van der Waals surface area contributed by atoms with Gasteiger partial charge < -0.3 is 15.9 Å². The Balaban J connectivity index is 2.91. The summed E-state index contributed by atoms with van der Waals surface area (Å²) in [5, 5.41) is 19.3. The Bertz CT molecular complexity index is 341. The van der Waals surface area contributed by atoms with Gasteiger partial charge in [0.15, 0.2) is 0 Å². The van der Waals surface area contributed by atoms with Crippen molar-refractivity contribution in [2.24, 2.45) is 11.7 Å². The third kappa shape index (κ3) is 2.84. The van der Waals surface area contributed by atoms with E-state index in [4.69, 9.17) is 17.3 Å². The van der Waals surface area contributed by atoms with Crippen LogP contribution >= 0.6 is 11.6 Å². The van der Waals surface area contributed by atoms with E-state index in [1.54, 1.807) is 12.1 Å². The SMILES string of the molecule is CC(C)[C@H](O)[C@H](N)c1ccc(O)c(Cl)c1. The van der Waals surface area contributed by atoms with Gasteiger partial charge in [-0.25, -0.2) is 0 Å². The van der Waals surface area contributed by atoms with Crippen LogP contribution in [0.3, 0.4) is 0 Å². The summed E-state index contributed by atoms with van der Waals surface area (Å²) in [6.45, 7) is 3.79. The molecule has 1 aromatic carbocycles. The zero-order valence-corrected chi connectivity index (χ0v) is 9.57. The maximum Gasteiger partial charge on any atom is 0.134 e. The number of aliphatic hydroxyl groups is 1. The van der Waals surface area contributed by atoms with E-state index < -0.39 is 12.1 Å². The van der Waals surface area contributed by atoms with Crippen molar-refractivity contribution in [1.29, 1.82) is 0 Å². The second kappa shape index (κ2) is 4.84. The second-order valence-corrected chi connectivity index (χ2v) is 4.38. The highest BCUT2D eigenvalue weighted by Gasteiger charge is 2.20. The molecule has 4 heteroatoms. The Morgan fingerprint density at radius 2 is 1.93 bits per heavy atom. The van der Waals surface area contributed by atoms with Crippen molar-refractivity contribution in [2.45, 2.75) is 26.0 Å². The lowest BCUT2D eigenvalue weighted by molar-refractivity contribution is 0.0979. The van der Waals surface area contributed by atoms with E-state index in [-0.39, 0.29) is 16.7 Å². The van der Waals surface area contributed by atoms with Crippen molar-refractivity contribution >= 4 is 11.6 Å². The van der Waals surface area contributed by atoms with Gasteiger partial charge in [-0.15, -0.1) is 0 Å². The van der Waals surface area contributed by atoms with Gasteiger partial charge in [0.1, 0.15) is 5.75 Å². The third-order valence-corrected chi connectivity index (χ3v) is 2.71. The third-order valence-electron chi connectivity index (χ3n) is 2.41. The molecule has 0 aromatic heterocycles. The number of rotatable bonds is 3. The highest BCUT2D eigenvalue weighted by atomic mass is 35.5. The van der Waals surface area contributed by atoms with Gasteiger partial charge in [-0.2, -0.15) is 0 Å². The number of hydrogen-bond donors (Lipinski definition) is 3. The molecule has 0 aliphatic rings. The Hall–Kier alpha value is -0.770. The van der Waals surface area contributed by atoms with Gasteiger partial charge in [0, 0.05) is 0 Å². The Morgan fingerprint density at radius 1 is 1.33 bits per heavy atom. The summed E-state index contributed by atoms with van der Waals surface area (Å²) in [6.07, 6.45) is -0.620. The molecule has 15 heavy (non-hydrogen) atoms. The molecule has 0 spiro atoms. The van der Waals surface area contributed by atoms with Gasteiger partial charge in [0.2, 0.25) is 0 Å². The van der Waals surface area contributed by atoms with Gasteiger partial charge in [-0.1, -0.05) is 31.5 Å². The first-order chi connectivity index (χ1) is 6.93. The second-order valence-electron chi connectivity index (χ2n) is 3.97. The van der Waals surface area contributed by atoms with Crippen molar-refractivity contribution in [3.8, 4) is 5.75 Å². The van der Waals surface area contributed by atoms with Crippen LogP contribution in [-0.4, -0.2) is 16.3 Å². The Kier molecular flexibility index (Phi) is 3.97. The summed E-state index contributed by atoms with van der Waals surface area (Å²) >= 11 is 5.75. The summed E-state index contributed by atoms with van der Waals surface area (Å²) in [7, 11) is 0. The number of halogens is 1. The van der Waals surface area contributed by atoms with Crippen LogP contribution in [-0.2, 0) is 0 Å². The predicted octanol–water partition coefficient (Wildman–Crippen LogP) is 2.06. The lowest BCUT2D eigenvalue weighted by Crippen LogP contribution is -2.30. The minimum absolute atomic E-state index is 0.0200. The van der Waals surface area contributed by atoms with Gasteiger partial charge in [-0.05, 0) is 23.6 Å². The number of aliphatic hydroxyl groups excluding tert-OH is 1. The first-order valence-corrected chi connectivity index (χ1v) is 5.23. The average molecular weight is 230 g/mol. The lowest BCUT2D eigenvalue weighted by atomic mass is 9.94. The zero-order valence-electron chi connectivity index (χ0n) is 8.81. The summed E-state index contributed by atoms with van der Waals surface area (Å²) in [6, 6.07) is 4.23. The molecule has 1 rings (SSSR count). The topological polar surface area (TPSA) is 66.5 Å². The lowest BCUT2D eigenvalue weighted by Gasteiger charge is -2.22. The number of aromatic hydroxyl groups is 1. The highest BCUT2D eigenvalue weighted by molar-refractivity contribution is 6.32. The molecule has 2 atom stereocenters. The van der Waals surface area contributed by atoms with Crippen molar-refractivity contribution in [3.63, 3.8) is 0 Å². The predicted molar refractivity (Wildman–Crippen MR) is 60.9 cm³/mol. The van der Waals surface area contributed by atoms with Crippen LogP contribution in [0.15, 0.2) is 18.2 Å².